The number of ether oxygens (including phenoxy) is 1. The Morgan fingerprint density at radius 2 is 1.97 bits per heavy atom. The molecule has 7 heteroatoms. The molecule has 1 aliphatic carbocycles. The van der Waals surface area contributed by atoms with Crippen molar-refractivity contribution >= 4 is 12.2 Å². The Morgan fingerprint density at radius 1 is 1.23 bits per heavy atom. The van der Waals surface area contributed by atoms with Gasteiger partial charge < -0.3 is 9.64 Å². The van der Waals surface area contributed by atoms with E-state index in [-0.39, 0.29) is 5.82 Å². The van der Waals surface area contributed by atoms with Crippen molar-refractivity contribution < 1.29 is 14.0 Å². The predicted octanol–water partition coefficient (Wildman–Crippen LogP) is 3.62. The number of aromatic nitrogens is 3. The van der Waals surface area contributed by atoms with Crippen LogP contribution in [0, 0.1) is 10.6 Å². The lowest BCUT2D eigenvalue weighted by molar-refractivity contribution is -0.947. The lowest BCUT2D eigenvalue weighted by atomic mass is 10.2. The van der Waals surface area contributed by atoms with Crippen molar-refractivity contribution in [2.75, 3.05) is 7.11 Å². The molecule has 1 atom stereocenters. The number of halogens is 1. The van der Waals surface area contributed by atoms with Gasteiger partial charge in [0.15, 0.2) is 12.5 Å². The summed E-state index contributed by atoms with van der Waals surface area (Å²) in [6.45, 7) is 5.92. The summed E-state index contributed by atoms with van der Waals surface area (Å²) >= 11 is 5.78. The van der Waals surface area contributed by atoms with E-state index in [1.165, 1.54) is 29.9 Å². The fraction of sp³-hybridized carbons (Fsp3) is 0.304. The Balaban J connectivity index is 1.67. The molecular weight excluding hydrogens is 399 g/mol. The smallest absolute Gasteiger partial charge is 0.203 e. The van der Waals surface area contributed by atoms with Crippen molar-refractivity contribution in [2.45, 2.75) is 38.6 Å². The first-order valence-corrected chi connectivity index (χ1v) is 10.5. The van der Waals surface area contributed by atoms with Gasteiger partial charge in [-0.1, -0.05) is 30.3 Å². The van der Waals surface area contributed by atoms with E-state index in [1.54, 1.807) is 7.11 Å². The van der Waals surface area contributed by atoms with E-state index in [4.69, 9.17) is 22.1 Å². The van der Waals surface area contributed by atoms with E-state index in [1.807, 2.05) is 51.7 Å². The maximum Gasteiger partial charge on any atom is 0.203 e. The number of quaternary nitrogens is 1. The molecule has 0 bridgehead atoms. The summed E-state index contributed by atoms with van der Waals surface area (Å²) < 4.78 is 23.4. The second kappa shape index (κ2) is 8.93. The molecule has 30 heavy (non-hydrogen) atoms. The molecule has 0 saturated heterocycles. The van der Waals surface area contributed by atoms with E-state index in [9.17, 15) is 4.39 Å². The van der Waals surface area contributed by atoms with Crippen LogP contribution in [0.15, 0.2) is 61.2 Å². The third-order valence-corrected chi connectivity index (χ3v) is 5.87. The molecule has 4 rings (SSSR count). The molecule has 3 aromatic rings. The predicted molar refractivity (Wildman–Crippen MR) is 117 cm³/mol. The molecule has 1 saturated carbocycles. The first-order valence-electron chi connectivity index (χ1n) is 10.1. The molecule has 2 aromatic carbocycles. The number of methoxy groups -OCH3 is 1. The standard InChI is InChI=1S/C23H25FN4OS/c1-3-14-27-22(20-6-4-5-7-21(20)29-2)25-28(23(27)30)16-26(19-12-13-19)15-17-8-10-18(24)11-9-17/h3-11,19H,1,12-16H2,2H3/p+1. The van der Waals surface area contributed by atoms with Crippen LogP contribution >= 0.6 is 12.2 Å². The molecular formula is C23H26FN4OS+. The highest BCUT2D eigenvalue weighted by molar-refractivity contribution is 7.71. The minimum atomic E-state index is -0.210. The van der Waals surface area contributed by atoms with Gasteiger partial charge in [0.05, 0.1) is 18.7 Å². The van der Waals surface area contributed by atoms with E-state index in [0.29, 0.717) is 24.0 Å². The first kappa shape index (κ1) is 20.5. The van der Waals surface area contributed by atoms with Gasteiger partial charge in [0.2, 0.25) is 4.77 Å². The molecule has 0 aliphatic heterocycles. The molecule has 1 heterocycles. The van der Waals surface area contributed by atoms with Gasteiger partial charge in [0.1, 0.15) is 18.1 Å². The van der Waals surface area contributed by atoms with Crippen LogP contribution in [0.25, 0.3) is 11.4 Å². The lowest BCUT2D eigenvalue weighted by Gasteiger charge is -2.19. The van der Waals surface area contributed by atoms with Crippen molar-refractivity contribution in [1.82, 2.24) is 14.3 Å². The van der Waals surface area contributed by atoms with Crippen LogP contribution in [0.4, 0.5) is 4.39 Å². The number of para-hydroxylation sites is 1. The molecule has 1 N–H and O–H groups in total. The summed E-state index contributed by atoms with van der Waals surface area (Å²) in [6, 6.07) is 15.1. The second-order valence-corrected chi connectivity index (χ2v) is 7.96. The van der Waals surface area contributed by atoms with Gasteiger partial charge in [-0.25, -0.2) is 4.39 Å². The van der Waals surface area contributed by atoms with Crippen molar-refractivity contribution in [3.63, 3.8) is 0 Å². The summed E-state index contributed by atoms with van der Waals surface area (Å²) in [7, 11) is 1.66. The van der Waals surface area contributed by atoms with Gasteiger partial charge in [0, 0.05) is 24.9 Å². The van der Waals surface area contributed by atoms with Gasteiger partial charge in [-0.05, 0) is 36.5 Å². The Labute approximate surface area is 181 Å². The summed E-state index contributed by atoms with van der Waals surface area (Å²) in [5.74, 6) is 1.32. The molecule has 1 aliphatic rings. The van der Waals surface area contributed by atoms with Crippen LogP contribution in [0.5, 0.6) is 5.75 Å². The van der Waals surface area contributed by atoms with Crippen LogP contribution in [-0.2, 0) is 19.8 Å². The number of allylic oxidation sites excluding steroid dienone is 1. The van der Waals surface area contributed by atoms with E-state index in [2.05, 4.69) is 6.58 Å². The van der Waals surface area contributed by atoms with E-state index >= 15 is 0 Å². The third kappa shape index (κ3) is 4.37. The van der Waals surface area contributed by atoms with Crippen LogP contribution in [0.1, 0.15) is 18.4 Å². The number of hydrogen-bond donors (Lipinski definition) is 1. The van der Waals surface area contributed by atoms with E-state index in [0.717, 1.165) is 29.2 Å². The van der Waals surface area contributed by atoms with Gasteiger partial charge in [-0.2, -0.15) is 4.68 Å². The minimum Gasteiger partial charge on any atom is -0.496 e. The molecule has 1 unspecified atom stereocenters. The maximum absolute atomic E-state index is 13.3. The van der Waals surface area contributed by atoms with Crippen LogP contribution in [0.3, 0.4) is 0 Å². The fourth-order valence-electron chi connectivity index (χ4n) is 3.74. The second-order valence-electron chi connectivity index (χ2n) is 7.60. The van der Waals surface area contributed by atoms with Crippen molar-refractivity contribution in [3.05, 3.63) is 77.3 Å². The summed E-state index contributed by atoms with van der Waals surface area (Å²) in [5.41, 5.74) is 2.01. The Kier molecular flexibility index (Phi) is 6.11. The summed E-state index contributed by atoms with van der Waals surface area (Å²) in [6.07, 6.45) is 4.21. The molecule has 156 valence electrons. The van der Waals surface area contributed by atoms with Gasteiger partial charge in [-0.15, -0.1) is 11.7 Å². The molecule has 0 spiro atoms. The number of hydrogen-bond acceptors (Lipinski definition) is 3. The number of nitrogens with zero attached hydrogens (tertiary/aromatic N) is 3. The first-order chi connectivity index (χ1) is 14.6. The van der Waals surface area contributed by atoms with Crippen molar-refractivity contribution in [1.29, 1.82) is 0 Å². The Morgan fingerprint density at radius 3 is 2.63 bits per heavy atom. The van der Waals surface area contributed by atoms with Crippen LogP contribution in [0.2, 0.25) is 0 Å². The van der Waals surface area contributed by atoms with Crippen LogP contribution in [-0.4, -0.2) is 27.5 Å². The van der Waals surface area contributed by atoms with E-state index < -0.39 is 0 Å². The number of benzene rings is 2. The van der Waals surface area contributed by atoms with Crippen molar-refractivity contribution in [3.8, 4) is 17.1 Å². The van der Waals surface area contributed by atoms with Gasteiger partial charge in [-0.3, -0.25) is 4.57 Å². The van der Waals surface area contributed by atoms with Gasteiger partial charge in [0.25, 0.3) is 0 Å². The van der Waals surface area contributed by atoms with Gasteiger partial charge >= 0.3 is 0 Å². The average molecular weight is 426 g/mol. The molecule has 5 nitrogen and oxygen atoms in total. The molecule has 1 aromatic heterocycles. The third-order valence-electron chi connectivity index (χ3n) is 5.43. The van der Waals surface area contributed by atoms with Crippen LogP contribution < -0.4 is 9.64 Å². The highest BCUT2D eigenvalue weighted by Gasteiger charge is 2.34. The molecule has 1 fully saturated rings. The molecule has 0 radical (unpaired) electrons. The SMILES string of the molecule is C=CCn1c(-c2ccccc2OC)nn(C[NH+](Cc2ccc(F)cc2)C2CC2)c1=S. The normalized spacial score (nSPS) is 14.5. The summed E-state index contributed by atoms with van der Waals surface area (Å²) in [5, 5.41) is 4.88. The largest absolute Gasteiger partial charge is 0.496 e. The number of nitrogens with one attached hydrogen (secondary N) is 1. The van der Waals surface area contributed by atoms with Crippen molar-refractivity contribution in [2.24, 2.45) is 0 Å². The number of rotatable bonds is 9. The topological polar surface area (TPSA) is 36.4 Å². The fourth-order valence-corrected chi connectivity index (χ4v) is 4.01. The zero-order valence-corrected chi connectivity index (χ0v) is 17.9. The average Bonchev–Trinajstić information content (AvgIpc) is 3.56. The summed E-state index contributed by atoms with van der Waals surface area (Å²) in [4.78, 5) is 1.38. The molecule has 0 amide bonds. The Hall–Kier alpha value is -2.77. The highest BCUT2D eigenvalue weighted by Crippen LogP contribution is 2.28. The monoisotopic (exact) mass is 425 g/mol. The quantitative estimate of drug-likeness (QED) is 0.420. The maximum atomic E-state index is 13.3. The highest BCUT2D eigenvalue weighted by atomic mass is 32.1. The Bertz CT molecular complexity index is 1090. The zero-order chi connectivity index (χ0) is 21.1. The lowest BCUT2D eigenvalue weighted by Crippen LogP contribution is -3.11. The minimum absolute atomic E-state index is 0.210. The zero-order valence-electron chi connectivity index (χ0n) is 17.1.